The van der Waals surface area contributed by atoms with Gasteiger partial charge in [0.1, 0.15) is 5.75 Å². The van der Waals surface area contributed by atoms with Crippen molar-refractivity contribution in [1.29, 1.82) is 0 Å². The molecule has 1 aliphatic rings. The lowest BCUT2D eigenvalue weighted by atomic mass is 10.0. The fraction of sp³-hybridized carbons (Fsp3) is 0.381. The number of pyridine rings is 1. The van der Waals surface area contributed by atoms with Crippen LogP contribution < -0.4 is 15.4 Å². The number of benzene rings is 1. The van der Waals surface area contributed by atoms with Crippen LogP contribution in [0.5, 0.6) is 5.75 Å². The lowest BCUT2D eigenvalue weighted by Gasteiger charge is -2.10. The molecule has 0 aliphatic carbocycles. The molecule has 146 valence electrons. The number of nitrogens with one attached hydrogen (secondary N) is 2. The van der Waals surface area contributed by atoms with Crippen molar-refractivity contribution in [3.63, 3.8) is 0 Å². The zero-order chi connectivity index (χ0) is 19.3. The lowest BCUT2D eigenvalue weighted by molar-refractivity contribution is 0.0948. The van der Waals surface area contributed by atoms with Crippen molar-refractivity contribution < 1.29 is 9.53 Å². The summed E-state index contributed by atoms with van der Waals surface area (Å²) in [4.78, 5) is 17.1. The number of hydrogen-bond acceptors (Lipinski definition) is 5. The van der Waals surface area contributed by atoms with E-state index in [1.54, 1.807) is 12.3 Å². The summed E-state index contributed by atoms with van der Waals surface area (Å²) in [6.45, 7) is 5.43. The van der Waals surface area contributed by atoms with Gasteiger partial charge >= 0.3 is 0 Å². The van der Waals surface area contributed by atoms with Gasteiger partial charge in [0.2, 0.25) is 0 Å². The maximum atomic E-state index is 12.6. The van der Waals surface area contributed by atoms with E-state index >= 15 is 0 Å². The fourth-order valence-electron chi connectivity index (χ4n) is 3.69. The van der Waals surface area contributed by atoms with E-state index in [0.717, 1.165) is 36.2 Å². The highest BCUT2D eigenvalue weighted by atomic mass is 16.5. The van der Waals surface area contributed by atoms with Crippen LogP contribution in [0.1, 0.15) is 35.3 Å². The number of rotatable bonds is 7. The first kappa shape index (κ1) is 18.4. The average Bonchev–Trinajstić information content (AvgIpc) is 3.37. The molecule has 1 unspecified atom stereocenters. The van der Waals surface area contributed by atoms with Crippen LogP contribution in [0.3, 0.4) is 0 Å². The Balaban J connectivity index is 1.47. The monoisotopic (exact) mass is 379 g/mol. The Kier molecular flexibility index (Phi) is 5.53. The van der Waals surface area contributed by atoms with E-state index in [0.29, 0.717) is 36.9 Å². The van der Waals surface area contributed by atoms with Gasteiger partial charge < -0.3 is 15.4 Å². The number of amides is 1. The highest BCUT2D eigenvalue weighted by Crippen LogP contribution is 2.27. The second-order valence-corrected chi connectivity index (χ2v) is 6.86. The Morgan fingerprint density at radius 2 is 2.21 bits per heavy atom. The minimum atomic E-state index is -0.145. The highest BCUT2D eigenvalue weighted by molar-refractivity contribution is 5.96. The lowest BCUT2D eigenvalue weighted by Crippen LogP contribution is -2.28. The smallest absolute Gasteiger partial charge is 0.255 e. The van der Waals surface area contributed by atoms with E-state index in [1.807, 2.05) is 35.9 Å². The third kappa shape index (κ3) is 3.71. The maximum Gasteiger partial charge on any atom is 0.255 e. The topological polar surface area (TPSA) is 81.1 Å². The Bertz CT molecular complexity index is 962. The van der Waals surface area contributed by atoms with Crippen LogP contribution >= 0.6 is 0 Å². The number of carbonyl (C=O) groups excluding carboxylic acids is 1. The summed E-state index contributed by atoms with van der Waals surface area (Å²) in [5, 5.41) is 12.3. The molecule has 1 atom stereocenters. The molecular formula is C21H25N5O2. The minimum absolute atomic E-state index is 0.145. The molecule has 4 rings (SSSR count). The second-order valence-electron chi connectivity index (χ2n) is 6.86. The maximum absolute atomic E-state index is 12.6. The highest BCUT2D eigenvalue weighted by Gasteiger charge is 2.23. The summed E-state index contributed by atoms with van der Waals surface area (Å²) in [5.74, 6) is 0.874. The van der Waals surface area contributed by atoms with E-state index in [2.05, 4.69) is 21.7 Å². The van der Waals surface area contributed by atoms with Gasteiger partial charge in [-0.3, -0.25) is 4.79 Å². The predicted molar refractivity (Wildman–Crippen MR) is 108 cm³/mol. The predicted octanol–water partition coefficient (Wildman–Crippen LogP) is 2.34. The van der Waals surface area contributed by atoms with Crippen molar-refractivity contribution in [3.05, 3.63) is 53.9 Å². The molecule has 0 bridgehead atoms. The van der Waals surface area contributed by atoms with Crippen LogP contribution in [-0.4, -0.2) is 46.9 Å². The molecule has 1 fully saturated rings. The number of aromatic nitrogens is 3. The van der Waals surface area contributed by atoms with Gasteiger partial charge in [-0.05, 0) is 44.2 Å². The first-order valence-corrected chi connectivity index (χ1v) is 9.80. The van der Waals surface area contributed by atoms with E-state index < -0.39 is 0 Å². The normalized spacial score (nSPS) is 16.4. The Morgan fingerprint density at radius 1 is 1.32 bits per heavy atom. The molecular weight excluding hydrogens is 354 g/mol. The quantitative estimate of drug-likeness (QED) is 0.659. The molecule has 2 N–H and O–H groups in total. The molecule has 1 amide bonds. The summed E-state index contributed by atoms with van der Waals surface area (Å²) < 4.78 is 7.45. The van der Waals surface area contributed by atoms with Crippen LogP contribution in [0.25, 0.3) is 11.0 Å². The number of ether oxygens (including phenoxy) is 1. The average molecular weight is 379 g/mol. The number of fused-ring (bicyclic) bond motifs is 1. The van der Waals surface area contributed by atoms with Crippen LogP contribution in [0.4, 0.5) is 0 Å². The number of para-hydroxylation sites is 1. The Morgan fingerprint density at radius 3 is 3.04 bits per heavy atom. The number of hydrogen-bond donors (Lipinski definition) is 2. The minimum Gasteiger partial charge on any atom is -0.493 e. The largest absolute Gasteiger partial charge is 0.493 e. The molecule has 3 heterocycles. The number of nitrogens with zero attached hydrogens (tertiary/aromatic N) is 3. The van der Waals surface area contributed by atoms with E-state index in [-0.39, 0.29) is 5.91 Å². The number of carbonyl (C=O) groups is 1. The van der Waals surface area contributed by atoms with E-state index in [9.17, 15) is 4.79 Å². The third-order valence-corrected chi connectivity index (χ3v) is 5.02. The summed E-state index contributed by atoms with van der Waals surface area (Å²) in [6, 6.07) is 11.3. The summed E-state index contributed by atoms with van der Waals surface area (Å²) in [6.07, 6.45) is 2.88. The third-order valence-electron chi connectivity index (χ3n) is 5.02. The molecule has 28 heavy (non-hydrogen) atoms. The molecule has 1 saturated heterocycles. The molecule has 0 spiro atoms. The van der Waals surface area contributed by atoms with Crippen molar-refractivity contribution >= 4 is 16.9 Å². The van der Waals surface area contributed by atoms with Crippen LogP contribution in [-0.2, 0) is 6.54 Å². The molecule has 0 radical (unpaired) electrons. The zero-order valence-corrected chi connectivity index (χ0v) is 16.0. The molecule has 7 heteroatoms. The molecule has 1 aliphatic heterocycles. The van der Waals surface area contributed by atoms with E-state index in [4.69, 9.17) is 9.84 Å². The van der Waals surface area contributed by atoms with Crippen LogP contribution in [0.2, 0.25) is 0 Å². The van der Waals surface area contributed by atoms with Gasteiger partial charge in [-0.25, -0.2) is 9.67 Å². The molecule has 3 aromatic rings. The second kappa shape index (κ2) is 8.39. The van der Waals surface area contributed by atoms with E-state index in [1.165, 1.54) is 0 Å². The van der Waals surface area contributed by atoms with Crippen molar-refractivity contribution in [2.45, 2.75) is 25.8 Å². The van der Waals surface area contributed by atoms with Gasteiger partial charge in [0.05, 0.1) is 24.4 Å². The molecule has 1 aromatic carbocycles. The van der Waals surface area contributed by atoms with Gasteiger partial charge in [-0.2, -0.15) is 5.10 Å². The summed E-state index contributed by atoms with van der Waals surface area (Å²) in [7, 11) is 0. The van der Waals surface area contributed by atoms with Crippen molar-refractivity contribution in [2.75, 3.05) is 26.2 Å². The molecule has 0 saturated carbocycles. The molecule has 7 nitrogen and oxygen atoms in total. The Hall–Kier alpha value is -2.93. The van der Waals surface area contributed by atoms with Crippen molar-refractivity contribution in [1.82, 2.24) is 25.4 Å². The van der Waals surface area contributed by atoms with Crippen molar-refractivity contribution in [3.8, 4) is 5.75 Å². The zero-order valence-electron chi connectivity index (χ0n) is 16.0. The molecule has 2 aromatic heterocycles. The summed E-state index contributed by atoms with van der Waals surface area (Å²) >= 11 is 0. The fourth-order valence-corrected chi connectivity index (χ4v) is 3.69. The summed E-state index contributed by atoms with van der Waals surface area (Å²) in [5.41, 5.74) is 2.51. The van der Waals surface area contributed by atoms with Gasteiger partial charge in [0.25, 0.3) is 5.91 Å². The van der Waals surface area contributed by atoms with Gasteiger partial charge in [0.15, 0.2) is 5.65 Å². The van der Waals surface area contributed by atoms with Gasteiger partial charge in [-0.15, -0.1) is 0 Å². The first-order chi connectivity index (χ1) is 13.8. The van der Waals surface area contributed by atoms with Gasteiger partial charge in [-0.1, -0.05) is 12.1 Å². The van der Waals surface area contributed by atoms with Crippen LogP contribution in [0, 0.1) is 0 Å². The van der Waals surface area contributed by atoms with Gasteiger partial charge in [0, 0.05) is 30.6 Å². The first-order valence-electron chi connectivity index (χ1n) is 9.80. The standard InChI is InChI=1S/C21H25N5O2/c1-2-28-18-8-4-3-6-16(18)21(27)24-12-13-26-20-17(7-5-10-23-20)19(25-26)15-9-11-22-14-15/h3-8,10,15,22H,2,9,11-14H2,1H3,(H,24,27). The SMILES string of the molecule is CCOc1ccccc1C(=O)NCCn1nc(C2CCNC2)c2cccnc21. The van der Waals surface area contributed by atoms with Crippen LogP contribution in [0.15, 0.2) is 42.6 Å². The Labute approximate surface area is 164 Å². The van der Waals surface area contributed by atoms with Crippen molar-refractivity contribution in [2.24, 2.45) is 0 Å².